The molecule has 3 aromatic rings. The largest absolute Gasteiger partial charge is 0.379 e. The predicted octanol–water partition coefficient (Wildman–Crippen LogP) is 3.75. The highest BCUT2D eigenvalue weighted by Crippen LogP contribution is 2.45. The normalized spacial score (nSPS) is 21.8. The average molecular weight is 534 g/mol. The highest BCUT2D eigenvalue weighted by molar-refractivity contribution is 6.29. The Morgan fingerprint density at radius 1 is 1.03 bits per heavy atom. The molecule has 11 nitrogen and oxygen atoms in total. The number of anilines is 3. The van der Waals surface area contributed by atoms with Gasteiger partial charge in [0.2, 0.25) is 5.91 Å². The second-order valence-electron chi connectivity index (χ2n) is 10.4. The van der Waals surface area contributed by atoms with E-state index in [2.05, 4.69) is 37.3 Å². The minimum atomic E-state index is -0.794. The monoisotopic (exact) mass is 533 g/mol. The minimum absolute atomic E-state index is 0.0829. The molecule has 2 amide bonds. The van der Waals surface area contributed by atoms with Crippen LogP contribution in [0.3, 0.4) is 0 Å². The molecule has 196 valence electrons. The maximum atomic E-state index is 13.1. The van der Waals surface area contributed by atoms with Gasteiger partial charge in [0.1, 0.15) is 16.4 Å². The van der Waals surface area contributed by atoms with Crippen molar-refractivity contribution in [3.05, 3.63) is 41.4 Å². The molecule has 3 aliphatic carbocycles. The molecule has 0 aromatic carbocycles. The molecule has 0 spiro atoms. The average Bonchev–Trinajstić information content (AvgIpc) is 3.83. The first-order chi connectivity index (χ1) is 18.4. The fourth-order valence-corrected chi connectivity index (χ4v) is 5.03. The summed E-state index contributed by atoms with van der Waals surface area (Å²) in [5.74, 6) is 0.164. The number of nitriles is 1. The third-order valence-electron chi connectivity index (χ3n) is 7.43. The van der Waals surface area contributed by atoms with E-state index in [4.69, 9.17) is 16.7 Å². The van der Waals surface area contributed by atoms with Gasteiger partial charge in [-0.05, 0) is 63.5 Å². The standard InChI is InChI=1S/C26H28ClN9O2/c27-21-11-18(7-10-29-21)33-24(37)20-13-30-23-19(31-15-1-2-15)12-22(35-36(20)23)32-16-3-5-17(6-4-16)34-25(38)26(14-28)8-9-26/h7,10-13,15-17,31H,1-6,8-9H2,(H,32,35)(H,34,38)(H,29,33,37). The van der Waals surface area contributed by atoms with Crippen molar-refractivity contribution in [1.29, 1.82) is 5.26 Å². The van der Waals surface area contributed by atoms with E-state index in [0.717, 1.165) is 44.2 Å². The van der Waals surface area contributed by atoms with Crippen LogP contribution in [0.1, 0.15) is 61.9 Å². The molecule has 3 saturated carbocycles. The summed E-state index contributed by atoms with van der Waals surface area (Å²) in [4.78, 5) is 34.0. The molecule has 0 aliphatic heterocycles. The second-order valence-corrected chi connectivity index (χ2v) is 10.8. The molecule has 0 unspecified atom stereocenters. The molecular formula is C26H28ClN9O2. The third kappa shape index (κ3) is 5.09. The van der Waals surface area contributed by atoms with Gasteiger partial charge in [0.05, 0.1) is 18.0 Å². The molecule has 0 bridgehead atoms. The zero-order chi connectivity index (χ0) is 26.3. The van der Waals surface area contributed by atoms with E-state index in [1.54, 1.807) is 16.6 Å². The molecule has 3 heterocycles. The lowest BCUT2D eigenvalue weighted by atomic mass is 9.90. The fourth-order valence-electron chi connectivity index (χ4n) is 4.85. The summed E-state index contributed by atoms with van der Waals surface area (Å²) >= 11 is 5.96. The van der Waals surface area contributed by atoms with E-state index < -0.39 is 5.41 Å². The third-order valence-corrected chi connectivity index (χ3v) is 7.64. The number of rotatable bonds is 8. The van der Waals surface area contributed by atoms with Crippen LogP contribution in [0, 0.1) is 16.7 Å². The molecule has 38 heavy (non-hydrogen) atoms. The summed E-state index contributed by atoms with van der Waals surface area (Å²) in [5.41, 5.74) is 1.44. The van der Waals surface area contributed by atoms with Crippen LogP contribution in [-0.2, 0) is 4.79 Å². The lowest BCUT2D eigenvalue weighted by molar-refractivity contribution is -0.125. The van der Waals surface area contributed by atoms with Crippen LogP contribution in [0.5, 0.6) is 0 Å². The summed E-state index contributed by atoms with van der Waals surface area (Å²) < 4.78 is 1.56. The molecule has 3 aliphatic rings. The topological polar surface area (TPSA) is 149 Å². The number of carbonyl (C=O) groups excluding carboxylic acids is 2. The van der Waals surface area contributed by atoms with E-state index in [1.807, 2.05) is 6.07 Å². The zero-order valence-corrected chi connectivity index (χ0v) is 21.5. The first kappa shape index (κ1) is 24.4. The van der Waals surface area contributed by atoms with Crippen LogP contribution in [0.25, 0.3) is 5.65 Å². The molecule has 12 heteroatoms. The SMILES string of the molecule is N#CC1(C(=O)NC2CCC(Nc3cc(NC4CC4)c4ncc(C(=O)Nc5ccnc(Cl)c5)n4n3)CC2)CC1. The van der Waals surface area contributed by atoms with Crippen molar-refractivity contribution in [1.82, 2.24) is 24.9 Å². The number of aromatic nitrogens is 4. The maximum Gasteiger partial charge on any atom is 0.276 e. The Bertz CT molecular complexity index is 1430. The van der Waals surface area contributed by atoms with Crippen molar-refractivity contribution in [3.8, 4) is 6.07 Å². The highest BCUT2D eigenvalue weighted by atomic mass is 35.5. The highest BCUT2D eigenvalue weighted by Gasteiger charge is 2.51. The second kappa shape index (κ2) is 9.76. The lowest BCUT2D eigenvalue weighted by Crippen LogP contribution is -2.43. The quantitative estimate of drug-likeness (QED) is 0.320. The van der Waals surface area contributed by atoms with Crippen molar-refractivity contribution in [2.75, 3.05) is 16.0 Å². The first-order valence-corrected chi connectivity index (χ1v) is 13.4. The number of pyridine rings is 1. The molecule has 0 radical (unpaired) electrons. The Morgan fingerprint density at radius 2 is 1.74 bits per heavy atom. The Labute approximate surface area is 224 Å². The van der Waals surface area contributed by atoms with Crippen LogP contribution < -0.4 is 21.3 Å². The van der Waals surface area contributed by atoms with Crippen LogP contribution in [0.4, 0.5) is 17.2 Å². The summed E-state index contributed by atoms with van der Waals surface area (Å²) in [6.45, 7) is 0. The van der Waals surface area contributed by atoms with Crippen molar-refractivity contribution in [2.24, 2.45) is 5.41 Å². The van der Waals surface area contributed by atoms with Gasteiger partial charge in [-0.2, -0.15) is 5.26 Å². The lowest BCUT2D eigenvalue weighted by Gasteiger charge is -2.30. The number of imidazole rings is 1. The number of nitrogens with one attached hydrogen (secondary N) is 4. The van der Waals surface area contributed by atoms with Gasteiger partial charge in [-0.25, -0.2) is 14.5 Å². The molecule has 4 N–H and O–H groups in total. The Hall–Kier alpha value is -3.91. The zero-order valence-electron chi connectivity index (χ0n) is 20.7. The molecule has 6 rings (SSSR count). The Morgan fingerprint density at radius 3 is 2.42 bits per heavy atom. The number of hydrogen-bond donors (Lipinski definition) is 4. The van der Waals surface area contributed by atoms with Crippen molar-refractivity contribution < 1.29 is 9.59 Å². The summed E-state index contributed by atoms with van der Waals surface area (Å²) in [5, 5.41) is 27.2. The van der Waals surface area contributed by atoms with Crippen molar-refractivity contribution >= 4 is 46.3 Å². The number of hydrogen-bond acceptors (Lipinski definition) is 8. The van der Waals surface area contributed by atoms with E-state index in [-0.39, 0.29) is 29.1 Å². The van der Waals surface area contributed by atoms with Crippen LogP contribution in [-0.4, -0.2) is 49.5 Å². The maximum absolute atomic E-state index is 13.1. The Balaban J connectivity index is 1.17. The molecule has 3 fully saturated rings. The number of halogens is 1. The smallest absolute Gasteiger partial charge is 0.276 e. The van der Waals surface area contributed by atoms with E-state index in [9.17, 15) is 14.9 Å². The molecular weight excluding hydrogens is 506 g/mol. The number of carbonyl (C=O) groups is 2. The summed E-state index contributed by atoms with van der Waals surface area (Å²) in [6, 6.07) is 8.00. The van der Waals surface area contributed by atoms with Gasteiger partial charge in [0.25, 0.3) is 5.91 Å². The van der Waals surface area contributed by atoms with Gasteiger partial charge in [0, 0.05) is 36.1 Å². The van der Waals surface area contributed by atoms with Crippen LogP contribution >= 0.6 is 11.6 Å². The van der Waals surface area contributed by atoms with Crippen LogP contribution in [0.2, 0.25) is 5.15 Å². The van der Waals surface area contributed by atoms with Gasteiger partial charge in [-0.15, -0.1) is 5.10 Å². The van der Waals surface area contributed by atoms with Gasteiger partial charge < -0.3 is 21.3 Å². The van der Waals surface area contributed by atoms with Gasteiger partial charge in [-0.1, -0.05) is 11.6 Å². The minimum Gasteiger partial charge on any atom is -0.379 e. The molecule has 3 aromatic heterocycles. The molecule has 0 atom stereocenters. The van der Waals surface area contributed by atoms with Crippen molar-refractivity contribution in [3.63, 3.8) is 0 Å². The molecule has 0 saturated heterocycles. The van der Waals surface area contributed by atoms with E-state index >= 15 is 0 Å². The van der Waals surface area contributed by atoms with Gasteiger partial charge >= 0.3 is 0 Å². The number of nitrogens with zero attached hydrogens (tertiary/aromatic N) is 5. The Kier molecular flexibility index (Phi) is 6.27. The first-order valence-electron chi connectivity index (χ1n) is 13.0. The summed E-state index contributed by atoms with van der Waals surface area (Å²) in [6.07, 6.45) is 9.91. The summed E-state index contributed by atoms with van der Waals surface area (Å²) in [7, 11) is 0. The fraction of sp³-hybridized carbons (Fsp3) is 0.462. The van der Waals surface area contributed by atoms with Gasteiger partial charge in [0.15, 0.2) is 11.3 Å². The van der Waals surface area contributed by atoms with E-state index in [0.29, 0.717) is 41.7 Å². The predicted molar refractivity (Wildman–Crippen MR) is 142 cm³/mol. The van der Waals surface area contributed by atoms with E-state index in [1.165, 1.54) is 12.4 Å². The number of fused-ring (bicyclic) bond motifs is 1. The van der Waals surface area contributed by atoms with Crippen molar-refractivity contribution in [2.45, 2.75) is 69.5 Å². The number of amides is 2. The van der Waals surface area contributed by atoms with Gasteiger partial charge in [-0.3, -0.25) is 9.59 Å². The van der Waals surface area contributed by atoms with Crippen LogP contribution in [0.15, 0.2) is 30.6 Å².